The van der Waals surface area contributed by atoms with Crippen molar-refractivity contribution in [2.45, 2.75) is 45.2 Å². The van der Waals surface area contributed by atoms with Gasteiger partial charge in [0.05, 0.1) is 0 Å². The van der Waals surface area contributed by atoms with Gasteiger partial charge in [0.15, 0.2) is 0 Å². The molecule has 0 saturated carbocycles. The van der Waals surface area contributed by atoms with Gasteiger partial charge < -0.3 is 10.6 Å². The van der Waals surface area contributed by atoms with E-state index in [9.17, 15) is 0 Å². The van der Waals surface area contributed by atoms with Crippen molar-refractivity contribution in [3.05, 3.63) is 29.8 Å². The normalized spacial score (nSPS) is 21.1. The maximum Gasteiger partial charge on any atom is 0.0418 e. The first-order valence-corrected chi connectivity index (χ1v) is 6.14. The van der Waals surface area contributed by atoms with Crippen LogP contribution in [0.3, 0.4) is 0 Å². The van der Waals surface area contributed by atoms with Crippen molar-refractivity contribution >= 4 is 5.69 Å². The summed E-state index contributed by atoms with van der Waals surface area (Å²) in [7, 11) is 0. The summed E-state index contributed by atoms with van der Waals surface area (Å²) in [6.07, 6.45) is 2.54. The smallest absolute Gasteiger partial charge is 0.0418 e. The number of nitrogens with two attached hydrogens (primary N) is 1. The zero-order valence-corrected chi connectivity index (χ0v) is 10.5. The highest BCUT2D eigenvalue weighted by molar-refractivity contribution is 5.57. The van der Waals surface area contributed by atoms with Gasteiger partial charge in [-0.25, -0.2) is 0 Å². The van der Waals surface area contributed by atoms with E-state index in [0.29, 0.717) is 0 Å². The summed E-state index contributed by atoms with van der Waals surface area (Å²) in [4.78, 5) is 2.51. The summed E-state index contributed by atoms with van der Waals surface area (Å²) >= 11 is 0. The van der Waals surface area contributed by atoms with Crippen molar-refractivity contribution in [1.29, 1.82) is 0 Å². The number of hydrogen-bond donors (Lipinski definition) is 1. The molecule has 1 aliphatic rings. The number of nitrogens with zero attached hydrogens (tertiary/aromatic N) is 1. The van der Waals surface area contributed by atoms with Crippen LogP contribution < -0.4 is 10.6 Å². The predicted octanol–water partition coefficient (Wildman–Crippen LogP) is 3.09. The highest BCUT2D eigenvalue weighted by Gasteiger charge is 2.33. The monoisotopic (exact) mass is 218 g/mol. The first-order chi connectivity index (χ1) is 7.52. The molecule has 1 fully saturated rings. The molecular formula is C14H22N2. The van der Waals surface area contributed by atoms with E-state index >= 15 is 0 Å². The standard InChI is InChI=1S/C14H22N2/c1-11(15)12-7-4-5-8-13(12)16-10-6-9-14(16,2)3/h4-5,7-8,11H,6,9-10,15H2,1-3H3. The van der Waals surface area contributed by atoms with Gasteiger partial charge in [-0.15, -0.1) is 0 Å². The van der Waals surface area contributed by atoms with Gasteiger partial charge in [-0.1, -0.05) is 18.2 Å². The Kier molecular flexibility index (Phi) is 2.94. The quantitative estimate of drug-likeness (QED) is 0.826. The summed E-state index contributed by atoms with van der Waals surface area (Å²) < 4.78 is 0. The second kappa shape index (κ2) is 4.10. The van der Waals surface area contributed by atoms with E-state index < -0.39 is 0 Å². The Morgan fingerprint density at radius 2 is 2.00 bits per heavy atom. The number of rotatable bonds is 2. The van der Waals surface area contributed by atoms with Gasteiger partial charge in [-0.2, -0.15) is 0 Å². The third-order valence-electron chi connectivity index (χ3n) is 3.62. The van der Waals surface area contributed by atoms with Gasteiger partial charge in [-0.3, -0.25) is 0 Å². The van der Waals surface area contributed by atoms with E-state index in [-0.39, 0.29) is 11.6 Å². The fourth-order valence-electron chi connectivity index (χ4n) is 2.67. The summed E-state index contributed by atoms with van der Waals surface area (Å²) in [6.45, 7) is 7.84. The molecule has 0 radical (unpaired) electrons. The number of para-hydroxylation sites is 1. The van der Waals surface area contributed by atoms with E-state index in [1.165, 1.54) is 24.1 Å². The largest absolute Gasteiger partial charge is 0.366 e. The molecule has 1 aromatic rings. The van der Waals surface area contributed by atoms with Gasteiger partial charge >= 0.3 is 0 Å². The summed E-state index contributed by atoms with van der Waals surface area (Å²) in [5, 5.41) is 0. The Morgan fingerprint density at radius 3 is 2.56 bits per heavy atom. The van der Waals surface area contributed by atoms with Crippen LogP contribution in [0.4, 0.5) is 5.69 Å². The maximum absolute atomic E-state index is 6.04. The molecule has 1 heterocycles. The molecule has 0 aliphatic carbocycles. The molecule has 1 saturated heterocycles. The highest BCUT2D eigenvalue weighted by Crippen LogP contribution is 2.36. The molecule has 88 valence electrons. The number of hydrogen-bond acceptors (Lipinski definition) is 2. The molecule has 16 heavy (non-hydrogen) atoms. The lowest BCUT2D eigenvalue weighted by molar-refractivity contribution is 0.516. The molecule has 0 bridgehead atoms. The van der Waals surface area contributed by atoms with E-state index in [4.69, 9.17) is 5.73 Å². The molecule has 2 N–H and O–H groups in total. The van der Waals surface area contributed by atoms with Gasteiger partial charge in [-0.05, 0) is 45.2 Å². The SMILES string of the molecule is CC(N)c1ccccc1N1CCCC1(C)C. The average Bonchev–Trinajstić information content (AvgIpc) is 2.58. The van der Waals surface area contributed by atoms with E-state index in [1.807, 2.05) is 0 Å². The Labute approximate surface area is 98.4 Å². The fourth-order valence-corrected chi connectivity index (χ4v) is 2.67. The van der Waals surface area contributed by atoms with Crippen LogP contribution in [0, 0.1) is 0 Å². The topological polar surface area (TPSA) is 29.3 Å². The molecular weight excluding hydrogens is 196 g/mol. The summed E-state index contributed by atoms with van der Waals surface area (Å²) in [5.74, 6) is 0. The van der Waals surface area contributed by atoms with Crippen LogP contribution in [0.15, 0.2) is 24.3 Å². The van der Waals surface area contributed by atoms with Crippen LogP contribution in [0.2, 0.25) is 0 Å². The van der Waals surface area contributed by atoms with Crippen molar-refractivity contribution in [3.8, 4) is 0 Å². The fraction of sp³-hybridized carbons (Fsp3) is 0.571. The minimum atomic E-state index is 0.104. The maximum atomic E-state index is 6.04. The molecule has 0 amide bonds. The average molecular weight is 218 g/mol. The van der Waals surface area contributed by atoms with Crippen LogP contribution in [0.1, 0.15) is 45.2 Å². The van der Waals surface area contributed by atoms with Crippen molar-refractivity contribution < 1.29 is 0 Å². The van der Waals surface area contributed by atoms with Gasteiger partial charge in [0, 0.05) is 23.8 Å². The Morgan fingerprint density at radius 1 is 1.31 bits per heavy atom. The molecule has 2 nitrogen and oxygen atoms in total. The zero-order chi connectivity index (χ0) is 11.8. The van der Waals surface area contributed by atoms with Crippen LogP contribution in [-0.2, 0) is 0 Å². The second-order valence-electron chi connectivity index (χ2n) is 5.42. The lowest BCUT2D eigenvalue weighted by Crippen LogP contribution is -2.39. The third kappa shape index (κ3) is 1.94. The first-order valence-electron chi connectivity index (χ1n) is 6.14. The third-order valence-corrected chi connectivity index (χ3v) is 3.62. The lowest BCUT2D eigenvalue weighted by Gasteiger charge is -2.35. The number of anilines is 1. The van der Waals surface area contributed by atoms with Gasteiger partial charge in [0.1, 0.15) is 0 Å². The van der Waals surface area contributed by atoms with Gasteiger partial charge in [0.2, 0.25) is 0 Å². The van der Waals surface area contributed by atoms with E-state index in [0.717, 1.165) is 6.54 Å². The minimum Gasteiger partial charge on any atom is -0.366 e. The molecule has 1 aromatic carbocycles. The summed E-state index contributed by atoms with van der Waals surface area (Å²) in [6, 6.07) is 8.63. The molecule has 2 rings (SSSR count). The predicted molar refractivity (Wildman–Crippen MR) is 69.7 cm³/mol. The minimum absolute atomic E-state index is 0.104. The Balaban J connectivity index is 2.40. The van der Waals surface area contributed by atoms with Crippen LogP contribution in [0.5, 0.6) is 0 Å². The summed E-state index contributed by atoms with van der Waals surface area (Å²) in [5.41, 5.74) is 8.89. The number of benzene rings is 1. The first kappa shape index (κ1) is 11.5. The molecule has 2 heteroatoms. The highest BCUT2D eigenvalue weighted by atomic mass is 15.2. The molecule has 0 aromatic heterocycles. The van der Waals surface area contributed by atoms with E-state index in [2.05, 4.69) is 49.9 Å². The van der Waals surface area contributed by atoms with Crippen molar-refractivity contribution in [1.82, 2.24) is 0 Å². The van der Waals surface area contributed by atoms with Crippen LogP contribution in [0.25, 0.3) is 0 Å². The van der Waals surface area contributed by atoms with Crippen molar-refractivity contribution in [2.75, 3.05) is 11.4 Å². The Bertz CT molecular complexity index is 369. The zero-order valence-electron chi connectivity index (χ0n) is 10.5. The van der Waals surface area contributed by atoms with Crippen LogP contribution >= 0.6 is 0 Å². The second-order valence-corrected chi connectivity index (χ2v) is 5.42. The van der Waals surface area contributed by atoms with Crippen molar-refractivity contribution in [2.24, 2.45) is 5.73 Å². The van der Waals surface area contributed by atoms with E-state index in [1.54, 1.807) is 0 Å². The molecule has 1 unspecified atom stereocenters. The molecule has 1 atom stereocenters. The Hall–Kier alpha value is -1.02. The van der Waals surface area contributed by atoms with Gasteiger partial charge in [0.25, 0.3) is 0 Å². The molecule has 1 aliphatic heterocycles. The molecule has 0 spiro atoms. The van der Waals surface area contributed by atoms with Crippen molar-refractivity contribution in [3.63, 3.8) is 0 Å². The van der Waals surface area contributed by atoms with Crippen LogP contribution in [-0.4, -0.2) is 12.1 Å². The lowest BCUT2D eigenvalue weighted by atomic mass is 9.99.